The zero-order chi connectivity index (χ0) is 24.1. The van der Waals surface area contributed by atoms with Crippen molar-refractivity contribution >= 4 is 25.6 Å². The van der Waals surface area contributed by atoms with Gasteiger partial charge in [-0.15, -0.1) is 0 Å². The third-order valence-electron chi connectivity index (χ3n) is 6.27. The topological polar surface area (TPSA) is 91.8 Å². The summed E-state index contributed by atoms with van der Waals surface area (Å²) in [6.07, 6.45) is 0.0522. The number of hydrazine groups is 1. The molecule has 0 aliphatic carbocycles. The number of benzene rings is 3. The van der Waals surface area contributed by atoms with E-state index in [-0.39, 0.29) is 22.8 Å². The Morgan fingerprint density at radius 2 is 1.26 bits per heavy atom. The smallest absolute Gasteiger partial charge is 0.239 e. The van der Waals surface area contributed by atoms with Crippen LogP contribution >= 0.6 is 0 Å². The molecule has 2 fully saturated rings. The van der Waals surface area contributed by atoms with Gasteiger partial charge in [-0.25, -0.2) is 26.2 Å². The number of hydrogen-bond acceptors (Lipinski definition) is 6. The summed E-state index contributed by atoms with van der Waals surface area (Å²) in [5.74, 6) is -0.977. The molecule has 7 nitrogen and oxygen atoms in total. The van der Waals surface area contributed by atoms with Crippen molar-refractivity contribution in [1.29, 1.82) is 0 Å². The highest BCUT2D eigenvalue weighted by molar-refractivity contribution is 7.96. The lowest BCUT2D eigenvalue weighted by Gasteiger charge is -2.26. The van der Waals surface area contributed by atoms with Crippen LogP contribution in [-0.4, -0.2) is 49.9 Å². The minimum atomic E-state index is -4.31. The van der Waals surface area contributed by atoms with Crippen molar-refractivity contribution in [2.75, 3.05) is 6.54 Å². The van der Waals surface area contributed by atoms with E-state index >= 15 is 0 Å². The zero-order valence-corrected chi connectivity index (χ0v) is 19.5. The standard InChI is InChI=1S/C24H21FN2O5S2/c25-18-13-11-17(12-14-18)22-23(33(29,30)19-7-3-1-4-8-19)24(27-21(28)15-16-26(22)27)34(31,32)20-9-5-2-6-10-20/h1-14,22-24H,15-16H2. The largest absolute Gasteiger partial charge is 0.273 e. The van der Waals surface area contributed by atoms with Gasteiger partial charge in [0.25, 0.3) is 0 Å². The van der Waals surface area contributed by atoms with E-state index in [1.807, 2.05) is 0 Å². The van der Waals surface area contributed by atoms with E-state index in [9.17, 15) is 26.0 Å². The molecule has 2 aliphatic rings. The average Bonchev–Trinajstić information content (AvgIpc) is 3.39. The summed E-state index contributed by atoms with van der Waals surface area (Å²) in [7, 11) is -8.57. The first kappa shape index (κ1) is 22.7. The molecule has 10 heteroatoms. The zero-order valence-electron chi connectivity index (χ0n) is 17.9. The Hall–Kier alpha value is -3.08. The van der Waals surface area contributed by atoms with Gasteiger partial charge in [-0.05, 0) is 42.0 Å². The van der Waals surface area contributed by atoms with Crippen molar-refractivity contribution < 1.29 is 26.0 Å². The minimum Gasteiger partial charge on any atom is -0.273 e. The first-order valence-electron chi connectivity index (χ1n) is 10.6. The predicted molar refractivity (Wildman–Crippen MR) is 122 cm³/mol. The number of halogens is 1. The summed E-state index contributed by atoms with van der Waals surface area (Å²) in [4.78, 5) is 12.8. The number of hydrogen-bond donors (Lipinski definition) is 0. The SMILES string of the molecule is O=C1CCN2C(c3ccc(F)cc3)C(S(=O)(=O)c3ccccc3)C(S(=O)(=O)c3ccccc3)N12. The molecular formula is C24H21FN2O5S2. The van der Waals surface area contributed by atoms with Crippen LogP contribution in [0.1, 0.15) is 18.0 Å². The Morgan fingerprint density at radius 1 is 0.735 bits per heavy atom. The highest BCUT2D eigenvalue weighted by atomic mass is 32.2. The molecule has 0 spiro atoms. The molecule has 0 radical (unpaired) electrons. The predicted octanol–water partition coefficient (Wildman–Crippen LogP) is 2.97. The number of fused-ring (bicyclic) bond motifs is 1. The van der Waals surface area contributed by atoms with Gasteiger partial charge in [0.15, 0.2) is 15.2 Å². The van der Waals surface area contributed by atoms with Gasteiger partial charge in [-0.1, -0.05) is 48.5 Å². The van der Waals surface area contributed by atoms with Gasteiger partial charge in [-0.3, -0.25) is 9.80 Å². The van der Waals surface area contributed by atoms with Crippen LogP contribution in [0.5, 0.6) is 0 Å². The van der Waals surface area contributed by atoms with Crippen LogP contribution < -0.4 is 0 Å². The van der Waals surface area contributed by atoms with Gasteiger partial charge in [0, 0.05) is 13.0 Å². The quantitative estimate of drug-likeness (QED) is 0.535. The number of amides is 1. The van der Waals surface area contributed by atoms with Crippen molar-refractivity contribution in [1.82, 2.24) is 10.0 Å². The lowest BCUT2D eigenvalue weighted by atomic mass is 10.0. The highest BCUT2D eigenvalue weighted by Crippen LogP contribution is 2.47. The Morgan fingerprint density at radius 3 is 1.82 bits per heavy atom. The fourth-order valence-corrected chi connectivity index (χ4v) is 9.38. The molecule has 5 rings (SSSR count). The van der Waals surface area contributed by atoms with Gasteiger partial charge < -0.3 is 0 Å². The molecule has 0 aromatic heterocycles. The Bertz CT molecular complexity index is 1430. The summed E-state index contributed by atoms with van der Waals surface area (Å²) in [6, 6.07) is 19.4. The van der Waals surface area contributed by atoms with Crippen molar-refractivity contribution in [3.63, 3.8) is 0 Å². The monoisotopic (exact) mass is 500 g/mol. The van der Waals surface area contributed by atoms with E-state index in [0.29, 0.717) is 5.56 Å². The molecular weight excluding hydrogens is 479 g/mol. The maximum absolute atomic E-state index is 14.0. The molecule has 2 heterocycles. The summed E-state index contributed by atoms with van der Waals surface area (Å²) in [6.45, 7) is 0.155. The van der Waals surface area contributed by atoms with E-state index in [2.05, 4.69) is 0 Å². The normalized spacial score (nSPS) is 23.3. The summed E-state index contributed by atoms with van der Waals surface area (Å²) in [5, 5.41) is -0.618. The first-order chi connectivity index (χ1) is 16.2. The first-order valence-corrected chi connectivity index (χ1v) is 13.7. The average molecular weight is 501 g/mol. The van der Waals surface area contributed by atoms with Crippen molar-refractivity contribution in [3.8, 4) is 0 Å². The highest BCUT2D eigenvalue weighted by Gasteiger charge is 2.62. The fraction of sp³-hybridized carbons (Fsp3) is 0.208. The number of nitrogens with zero attached hydrogens (tertiary/aromatic N) is 2. The lowest BCUT2D eigenvalue weighted by Crippen LogP contribution is -2.47. The lowest BCUT2D eigenvalue weighted by molar-refractivity contribution is -0.136. The van der Waals surface area contributed by atoms with Crippen LogP contribution in [0.25, 0.3) is 0 Å². The second-order valence-corrected chi connectivity index (χ2v) is 12.4. The van der Waals surface area contributed by atoms with Gasteiger partial charge >= 0.3 is 0 Å². The molecule has 3 aromatic rings. The van der Waals surface area contributed by atoms with Crippen LogP contribution in [-0.2, 0) is 24.5 Å². The number of carbonyl (C=O) groups is 1. The van der Waals surface area contributed by atoms with E-state index in [4.69, 9.17) is 0 Å². The van der Waals surface area contributed by atoms with Crippen molar-refractivity contribution in [3.05, 3.63) is 96.3 Å². The molecule has 2 aliphatic heterocycles. The summed E-state index contributed by atoms with van der Waals surface area (Å²) < 4.78 is 69.5. The van der Waals surface area contributed by atoms with E-state index < -0.39 is 48.1 Å². The molecule has 34 heavy (non-hydrogen) atoms. The Kier molecular flexibility index (Phi) is 5.54. The van der Waals surface area contributed by atoms with Gasteiger partial charge in [0.2, 0.25) is 15.7 Å². The Labute approximate surface area is 197 Å². The molecule has 3 unspecified atom stereocenters. The molecule has 1 amide bonds. The maximum Gasteiger partial charge on any atom is 0.239 e. The number of carbonyl (C=O) groups excluding carboxylic acids is 1. The number of rotatable bonds is 5. The summed E-state index contributed by atoms with van der Waals surface area (Å²) in [5.41, 5.74) is 0.413. The van der Waals surface area contributed by atoms with Crippen LogP contribution in [0, 0.1) is 5.82 Å². The second-order valence-electron chi connectivity index (χ2n) is 8.22. The number of sulfone groups is 2. The van der Waals surface area contributed by atoms with Crippen LogP contribution in [0.2, 0.25) is 0 Å². The third-order valence-corrected chi connectivity index (χ3v) is 10.7. The molecule has 0 saturated carbocycles. The van der Waals surface area contributed by atoms with E-state index in [0.717, 1.165) is 5.01 Å². The third kappa shape index (κ3) is 3.53. The maximum atomic E-state index is 14.0. The van der Waals surface area contributed by atoms with Gasteiger partial charge in [0.05, 0.1) is 15.8 Å². The molecule has 0 bridgehead atoms. The Balaban J connectivity index is 1.77. The van der Waals surface area contributed by atoms with Crippen LogP contribution in [0.4, 0.5) is 4.39 Å². The minimum absolute atomic E-state index is 0.0461. The molecule has 2 saturated heterocycles. The molecule has 0 N–H and O–H groups in total. The molecule has 176 valence electrons. The van der Waals surface area contributed by atoms with Crippen LogP contribution in [0.3, 0.4) is 0 Å². The van der Waals surface area contributed by atoms with Crippen molar-refractivity contribution in [2.24, 2.45) is 0 Å². The molecule has 3 aromatic carbocycles. The summed E-state index contributed by atoms with van der Waals surface area (Å²) >= 11 is 0. The van der Waals surface area contributed by atoms with Gasteiger partial charge in [-0.2, -0.15) is 0 Å². The van der Waals surface area contributed by atoms with E-state index in [1.54, 1.807) is 36.4 Å². The second kappa shape index (κ2) is 8.30. The van der Waals surface area contributed by atoms with Crippen LogP contribution in [0.15, 0.2) is 94.7 Å². The van der Waals surface area contributed by atoms with Crippen molar-refractivity contribution in [2.45, 2.75) is 32.9 Å². The van der Waals surface area contributed by atoms with E-state index in [1.165, 1.54) is 53.5 Å². The van der Waals surface area contributed by atoms with Gasteiger partial charge in [0.1, 0.15) is 11.1 Å². The fourth-order valence-electron chi connectivity index (χ4n) is 4.77. The molecule has 3 atom stereocenters.